The van der Waals surface area contributed by atoms with Gasteiger partial charge in [0.15, 0.2) is 5.96 Å². The first-order chi connectivity index (χ1) is 13.4. The second-order valence-corrected chi connectivity index (χ2v) is 8.78. The van der Waals surface area contributed by atoms with E-state index in [0.29, 0.717) is 12.3 Å². The van der Waals surface area contributed by atoms with E-state index in [1.807, 2.05) is 7.05 Å². The Morgan fingerprint density at radius 2 is 2.04 bits per heavy atom. The number of rotatable bonds is 5. The summed E-state index contributed by atoms with van der Waals surface area (Å²) in [6, 6.07) is 8.76. The van der Waals surface area contributed by atoms with Gasteiger partial charge in [0.05, 0.1) is 0 Å². The number of nitrogens with one attached hydrogen (secondary N) is 1. The molecule has 154 valence electrons. The first-order valence-electron chi connectivity index (χ1n) is 10.4. The highest BCUT2D eigenvalue weighted by Gasteiger charge is 2.31. The molecule has 1 saturated heterocycles. The number of aliphatic imine (C=N–C) groups is 1. The first kappa shape index (κ1) is 20.6. The van der Waals surface area contributed by atoms with E-state index >= 15 is 0 Å². The molecule has 0 saturated carbocycles. The highest BCUT2D eigenvalue weighted by Crippen LogP contribution is 2.25. The summed E-state index contributed by atoms with van der Waals surface area (Å²) < 4.78 is 0. The minimum Gasteiger partial charge on any atom is -0.370 e. The molecular formula is C22H35N5O. The van der Waals surface area contributed by atoms with Crippen LogP contribution in [0.1, 0.15) is 44.2 Å². The lowest BCUT2D eigenvalue weighted by molar-refractivity contribution is -0.119. The van der Waals surface area contributed by atoms with Crippen molar-refractivity contribution >= 4 is 11.9 Å². The number of nitrogens with zero attached hydrogens (tertiary/aromatic N) is 3. The van der Waals surface area contributed by atoms with Crippen molar-refractivity contribution in [1.29, 1.82) is 0 Å². The molecule has 1 aromatic rings. The zero-order chi connectivity index (χ0) is 20.1. The Hall–Kier alpha value is -2.08. The Bertz CT molecular complexity index is 715. The number of primary amides is 1. The summed E-state index contributed by atoms with van der Waals surface area (Å²) >= 11 is 0. The minimum absolute atomic E-state index is 0.0197. The predicted octanol–water partition coefficient (Wildman–Crippen LogP) is 1.99. The monoisotopic (exact) mass is 385 g/mol. The fourth-order valence-electron chi connectivity index (χ4n) is 4.46. The van der Waals surface area contributed by atoms with Crippen LogP contribution < -0.4 is 11.1 Å². The molecule has 2 aliphatic heterocycles. The number of benzene rings is 1. The minimum atomic E-state index is -0.207. The average molecular weight is 386 g/mol. The number of piperidine rings is 1. The summed E-state index contributed by atoms with van der Waals surface area (Å²) in [7, 11) is 1.84. The van der Waals surface area contributed by atoms with Crippen molar-refractivity contribution in [3.63, 3.8) is 0 Å². The van der Waals surface area contributed by atoms with Gasteiger partial charge in [-0.25, -0.2) is 0 Å². The summed E-state index contributed by atoms with van der Waals surface area (Å²) in [5.74, 6) is 1.05. The molecule has 1 atom stereocenters. The van der Waals surface area contributed by atoms with Crippen molar-refractivity contribution in [2.75, 3.05) is 33.2 Å². The largest absolute Gasteiger partial charge is 0.370 e. The zero-order valence-corrected chi connectivity index (χ0v) is 17.6. The van der Waals surface area contributed by atoms with E-state index in [2.05, 4.69) is 58.2 Å². The second-order valence-electron chi connectivity index (χ2n) is 8.78. The molecule has 1 amide bonds. The molecule has 1 fully saturated rings. The first-order valence-corrected chi connectivity index (χ1v) is 10.4. The van der Waals surface area contributed by atoms with E-state index in [4.69, 9.17) is 5.73 Å². The van der Waals surface area contributed by atoms with E-state index < -0.39 is 0 Å². The number of hydrogen-bond acceptors (Lipinski definition) is 3. The lowest BCUT2D eigenvalue weighted by atomic mass is 9.94. The Kier molecular flexibility index (Phi) is 6.60. The number of likely N-dealkylation sites (tertiary alicyclic amines) is 1. The summed E-state index contributed by atoms with van der Waals surface area (Å²) in [6.07, 6.45) is 3.71. The summed E-state index contributed by atoms with van der Waals surface area (Å²) in [5.41, 5.74) is 8.34. The van der Waals surface area contributed by atoms with Gasteiger partial charge in [0.2, 0.25) is 5.91 Å². The van der Waals surface area contributed by atoms with Gasteiger partial charge in [0, 0.05) is 51.7 Å². The van der Waals surface area contributed by atoms with Crippen LogP contribution in [-0.2, 0) is 17.8 Å². The molecule has 2 heterocycles. The van der Waals surface area contributed by atoms with Crippen molar-refractivity contribution in [2.45, 2.75) is 51.6 Å². The van der Waals surface area contributed by atoms with Crippen molar-refractivity contribution in [3.05, 3.63) is 35.4 Å². The zero-order valence-electron chi connectivity index (χ0n) is 17.6. The van der Waals surface area contributed by atoms with E-state index in [1.54, 1.807) is 0 Å². The van der Waals surface area contributed by atoms with Gasteiger partial charge in [0.1, 0.15) is 0 Å². The maximum Gasteiger partial charge on any atom is 0.217 e. The third-order valence-corrected chi connectivity index (χ3v) is 6.19. The second kappa shape index (κ2) is 8.95. The van der Waals surface area contributed by atoms with E-state index in [0.717, 1.165) is 57.9 Å². The van der Waals surface area contributed by atoms with Gasteiger partial charge < -0.3 is 16.0 Å². The van der Waals surface area contributed by atoms with E-state index in [-0.39, 0.29) is 11.4 Å². The van der Waals surface area contributed by atoms with E-state index in [9.17, 15) is 4.79 Å². The Balaban J connectivity index is 1.57. The number of hydrogen-bond donors (Lipinski definition) is 2. The van der Waals surface area contributed by atoms with Crippen LogP contribution >= 0.6 is 0 Å². The van der Waals surface area contributed by atoms with Crippen LogP contribution in [-0.4, -0.2) is 60.4 Å². The molecule has 0 spiro atoms. The molecule has 1 aromatic carbocycles. The lowest BCUT2D eigenvalue weighted by Crippen LogP contribution is -2.56. The highest BCUT2D eigenvalue weighted by atomic mass is 16.1. The SMILES string of the molecule is CN=C(NCC(C)(C)N1CCc2ccccc2C1)N1CCCC(CC(N)=O)C1. The number of amides is 1. The van der Waals surface area contributed by atoms with E-state index in [1.165, 1.54) is 11.1 Å². The molecule has 0 radical (unpaired) electrons. The number of guanidine groups is 1. The molecular weight excluding hydrogens is 350 g/mol. The molecule has 6 heteroatoms. The molecule has 0 aliphatic carbocycles. The molecule has 3 N–H and O–H groups in total. The van der Waals surface area contributed by atoms with Gasteiger partial charge in [-0.2, -0.15) is 0 Å². The number of carbonyl (C=O) groups is 1. The summed E-state index contributed by atoms with van der Waals surface area (Å²) in [6.45, 7) is 9.33. The maximum atomic E-state index is 11.3. The van der Waals surface area contributed by atoms with Crippen LogP contribution in [0.5, 0.6) is 0 Å². The van der Waals surface area contributed by atoms with Gasteiger partial charge in [-0.1, -0.05) is 24.3 Å². The molecule has 0 aromatic heterocycles. The lowest BCUT2D eigenvalue weighted by Gasteiger charge is -2.43. The van der Waals surface area contributed by atoms with Gasteiger partial charge >= 0.3 is 0 Å². The topological polar surface area (TPSA) is 74.0 Å². The normalized spacial score (nSPS) is 21.3. The van der Waals surface area contributed by atoms with Crippen molar-refractivity contribution in [3.8, 4) is 0 Å². The van der Waals surface area contributed by atoms with Crippen LogP contribution in [0.4, 0.5) is 0 Å². The molecule has 6 nitrogen and oxygen atoms in total. The van der Waals surface area contributed by atoms with Crippen LogP contribution in [0.2, 0.25) is 0 Å². The van der Waals surface area contributed by atoms with Gasteiger partial charge in [-0.3, -0.25) is 14.7 Å². The average Bonchev–Trinajstić information content (AvgIpc) is 2.68. The Labute approximate surface area is 169 Å². The fourth-order valence-corrected chi connectivity index (χ4v) is 4.46. The highest BCUT2D eigenvalue weighted by molar-refractivity contribution is 5.80. The van der Waals surface area contributed by atoms with Gasteiger partial charge in [-0.15, -0.1) is 0 Å². The molecule has 0 bridgehead atoms. The predicted molar refractivity (Wildman–Crippen MR) is 114 cm³/mol. The standard InChI is InChI=1S/C22H35N5O/c1-22(2,27-12-10-18-8-4-5-9-19(18)15-27)16-25-21(24-3)26-11-6-7-17(14-26)13-20(23)28/h4-5,8-9,17H,6-7,10-16H2,1-3H3,(H2,23,28)(H,24,25). The third-order valence-electron chi connectivity index (χ3n) is 6.19. The van der Waals surface area contributed by atoms with Gasteiger partial charge in [-0.05, 0) is 50.2 Å². The van der Waals surface area contributed by atoms with Crippen LogP contribution in [0, 0.1) is 5.92 Å². The van der Waals surface area contributed by atoms with Crippen LogP contribution in [0.3, 0.4) is 0 Å². The maximum absolute atomic E-state index is 11.3. The Morgan fingerprint density at radius 3 is 2.75 bits per heavy atom. The summed E-state index contributed by atoms with van der Waals surface area (Å²) in [4.78, 5) is 20.6. The fraction of sp³-hybridized carbons (Fsp3) is 0.636. The van der Waals surface area contributed by atoms with Crippen molar-refractivity contribution in [1.82, 2.24) is 15.1 Å². The van der Waals surface area contributed by atoms with Crippen molar-refractivity contribution in [2.24, 2.45) is 16.6 Å². The molecule has 2 aliphatic rings. The summed E-state index contributed by atoms with van der Waals surface area (Å²) in [5, 5.41) is 3.59. The van der Waals surface area contributed by atoms with Crippen molar-refractivity contribution < 1.29 is 4.79 Å². The van der Waals surface area contributed by atoms with Gasteiger partial charge in [0.25, 0.3) is 0 Å². The number of carbonyl (C=O) groups excluding carboxylic acids is 1. The molecule has 1 unspecified atom stereocenters. The number of fused-ring (bicyclic) bond motifs is 1. The Morgan fingerprint density at radius 1 is 1.29 bits per heavy atom. The van der Waals surface area contributed by atoms with Crippen LogP contribution in [0.15, 0.2) is 29.3 Å². The third kappa shape index (κ3) is 5.04. The number of nitrogens with two attached hydrogens (primary N) is 1. The molecule has 28 heavy (non-hydrogen) atoms. The smallest absolute Gasteiger partial charge is 0.217 e. The van der Waals surface area contributed by atoms with Crippen LogP contribution in [0.25, 0.3) is 0 Å². The molecule has 3 rings (SSSR count). The quantitative estimate of drug-likeness (QED) is 0.600.